The van der Waals surface area contributed by atoms with Gasteiger partial charge in [0.05, 0.1) is 5.69 Å². The van der Waals surface area contributed by atoms with Gasteiger partial charge in [0, 0.05) is 30.0 Å². The van der Waals surface area contributed by atoms with Gasteiger partial charge in [0.1, 0.15) is 9.71 Å². The highest BCUT2D eigenvalue weighted by molar-refractivity contribution is 7.21. The molecule has 0 radical (unpaired) electrons. The lowest BCUT2D eigenvalue weighted by Crippen LogP contribution is -2.31. The molecule has 0 fully saturated rings. The van der Waals surface area contributed by atoms with Crippen LogP contribution in [-0.4, -0.2) is 21.5 Å². The van der Waals surface area contributed by atoms with Crippen molar-refractivity contribution in [3.63, 3.8) is 0 Å². The van der Waals surface area contributed by atoms with E-state index in [1.165, 1.54) is 11.3 Å². The molecule has 0 aliphatic carbocycles. The maximum atomic E-state index is 12.6. The van der Waals surface area contributed by atoms with Crippen molar-refractivity contribution in [2.24, 2.45) is 0 Å². The minimum atomic E-state index is -0.0314. The highest BCUT2D eigenvalue weighted by Gasteiger charge is 2.20. The predicted octanol–water partition coefficient (Wildman–Crippen LogP) is 3.62. The Bertz CT molecular complexity index is 761. The van der Waals surface area contributed by atoms with Crippen molar-refractivity contribution in [2.75, 3.05) is 0 Å². The molecule has 1 atom stereocenters. The third-order valence-corrected chi connectivity index (χ3v) is 4.60. The Morgan fingerprint density at radius 1 is 1.38 bits per heavy atom. The Labute approximate surface area is 127 Å². The van der Waals surface area contributed by atoms with E-state index in [2.05, 4.69) is 17.2 Å². The summed E-state index contributed by atoms with van der Waals surface area (Å²) in [5, 5.41) is 4.05. The van der Waals surface area contributed by atoms with Crippen LogP contribution >= 0.6 is 11.3 Å². The highest BCUT2D eigenvalue weighted by atomic mass is 32.1. The first kappa shape index (κ1) is 13.8. The molecule has 0 aromatic carbocycles. The predicted molar refractivity (Wildman–Crippen MR) is 86.2 cm³/mol. The van der Waals surface area contributed by atoms with Crippen molar-refractivity contribution in [3.05, 3.63) is 47.7 Å². The summed E-state index contributed by atoms with van der Waals surface area (Å²) in [6.45, 7) is 4.07. The smallest absolute Gasteiger partial charge is 0.263 e. The SMILES string of the molecule is CC[C@@H](C)NC(=O)c1sc2ncccc2c1-n1cccc1. The monoisotopic (exact) mass is 299 g/mol. The number of pyridine rings is 1. The number of hydrogen-bond donors (Lipinski definition) is 1. The van der Waals surface area contributed by atoms with E-state index >= 15 is 0 Å². The zero-order chi connectivity index (χ0) is 14.8. The molecule has 0 bridgehead atoms. The van der Waals surface area contributed by atoms with Crippen LogP contribution in [0.25, 0.3) is 15.9 Å². The molecule has 1 amide bonds. The van der Waals surface area contributed by atoms with Gasteiger partial charge in [-0.25, -0.2) is 4.98 Å². The standard InChI is InChI=1S/C16H17N3OS/c1-3-11(2)18-15(20)14-13(19-9-4-5-10-19)12-7-6-8-17-16(12)21-14/h4-11H,3H2,1-2H3,(H,18,20)/t11-/m1/s1. The van der Waals surface area contributed by atoms with E-state index in [1.54, 1.807) is 6.20 Å². The van der Waals surface area contributed by atoms with Crippen molar-refractivity contribution in [2.45, 2.75) is 26.3 Å². The number of amides is 1. The minimum absolute atomic E-state index is 0.0314. The molecular formula is C16H17N3OS. The fourth-order valence-corrected chi connectivity index (χ4v) is 3.25. The van der Waals surface area contributed by atoms with Gasteiger partial charge in [-0.1, -0.05) is 6.92 Å². The number of thiophene rings is 1. The maximum Gasteiger partial charge on any atom is 0.263 e. The molecule has 0 saturated heterocycles. The first-order valence-electron chi connectivity index (χ1n) is 7.02. The van der Waals surface area contributed by atoms with Gasteiger partial charge in [-0.05, 0) is 37.6 Å². The number of fused-ring (bicyclic) bond motifs is 1. The van der Waals surface area contributed by atoms with E-state index in [0.717, 1.165) is 22.3 Å². The Balaban J connectivity index is 2.13. The van der Waals surface area contributed by atoms with Gasteiger partial charge >= 0.3 is 0 Å². The molecule has 3 heterocycles. The molecule has 3 aromatic rings. The van der Waals surface area contributed by atoms with Crippen LogP contribution in [0.3, 0.4) is 0 Å². The molecule has 0 aliphatic rings. The summed E-state index contributed by atoms with van der Waals surface area (Å²) in [5.74, 6) is -0.0314. The normalized spacial score (nSPS) is 12.5. The number of aromatic nitrogens is 2. The number of nitrogens with zero attached hydrogens (tertiary/aromatic N) is 2. The van der Waals surface area contributed by atoms with Crippen LogP contribution in [0.4, 0.5) is 0 Å². The van der Waals surface area contributed by atoms with Crippen molar-refractivity contribution >= 4 is 27.5 Å². The molecular weight excluding hydrogens is 282 g/mol. The van der Waals surface area contributed by atoms with Gasteiger partial charge in [0.2, 0.25) is 0 Å². The second kappa shape index (κ2) is 5.69. The summed E-state index contributed by atoms with van der Waals surface area (Å²) in [4.78, 5) is 18.5. The van der Waals surface area contributed by atoms with E-state index < -0.39 is 0 Å². The van der Waals surface area contributed by atoms with Gasteiger partial charge in [0.15, 0.2) is 0 Å². The van der Waals surface area contributed by atoms with Crippen molar-refractivity contribution in [1.29, 1.82) is 0 Å². The summed E-state index contributed by atoms with van der Waals surface area (Å²) in [6.07, 6.45) is 6.57. The van der Waals surface area contributed by atoms with Crippen molar-refractivity contribution < 1.29 is 4.79 Å². The molecule has 3 rings (SSSR count). The van der Waals surface area contributed by atoms with Crippen LogP contribution < -0.4 is 5.32 Å². The zero-order valence-corrected chi connectivity index (χ0v) is 12.9. The number of hydrogen-bond acceptors (Lipinski definition) is 3. The van der Waals surface area contributed by atoms with Crippen LogP contribution in [-0.2, 0) is 0 Å². The van der Waals surface area contributed by atoms with Gasteiger partial charge in [-0.15, -0.1) is 11.3 Å². The van der Waals surface area contributed by atoms with E-state index in [-0.39, 0.29) is 11.9 Å². The molecule has 0 aliphatic heterocycles. The lowest BCUT2D eigenvalue weighted by Gasteiger charge is -2.12. The van der Waals surface area contributed by atoms with Crippen LogP contribution in [0.15, 0.2) is 42.9 Å². The molecule has 3 aromatic heterocycles. The van der Waals surface area contributed by atoms with E-state index in [0.29, 0.717) is 4.88 Å². The molecule has 108 valence electrons. The summed E-state index contributed by atoms with van der Waals surface area (Å²) in [6, 6.07) is 7.98. The summed E-state index contributed by atoms with van der Waals surface area (Å²) < 4.78 is 1.98. The second-order valence-electron chi connectivity index (χ2n) is 5.01. The van der Waals surface area contributed by atoms with Gasteiger partial charge in [-0.2, -0.15) is 0 Å². The van der Waals surface area contributed by atoms with Gasteiger partial charge in [-0.3, -0.25) is 4.79 Å². The van der Waals surface area contributed by atoms with Gasteiger partial charge in [0.25, 0.3) is 5.91 Å². The van der Waals surface area contributed by atoms with E-state index in [9.17, 15) is 4.79 Å². The average Bonchev–Trinajstić information content (AvgIpc) is 3.13. The summed E-state index contributed by atoms with van der Waals surface area (Å²) in [5.41, 5.74) is 0.911. The molecule has 4 nitrogen and oxygen atoms in total. The Morgan fingerprint density at radius 2 is 2.14 bits per heavy atom. The third kappa shape index (κ3) is 2.56. The Hall–Kier alpha value is -2.14. The fraction of sp³-hybridized carbons (Fsp3) is 0.250. The summed E-state index contributed by atoms with van der Waals surface area (Å²) in [7, 11) is 0. The lowest BCUT2D eigenvalue weighted by molar-refractivity contribution is 0.0943. The quantitative estimate of drug-likeness (QED) is 0.800. The van der Waals surface area contributed by atoms with Crippen LogP contribution in [0.1, 0.15) is 29.9 Å². The molecule has 0 unspecified atom stereocenters. The molecule has 21 heavy (non-hydrogen) atoms. The second-order valence-corrected chi connectivity index (χ2v) is 6.01. The maximum absolute atomic E-state index is 12.6. The van der Waals surface area contributed by atoms with Crippen LogP contribution in [0.5, 0.6) is 0 Å². The fourth-order valence-electron chi connectivity index (χ4n) is 2.20. The molecule has 5 heteroatoms. The first-order chi connectivity index (χ1) is 10.2. The molecule has 0 saturated carbocycles. The van der Waals surface area contributed by atoms with Crippen molar-refractivity contribution in [1.82, 2.24) is 14.9 Å². The third-order valence-electron chi connectivity index (χ3n) is 3.50. The topological polar surface area (TPSA) is 46.9 Å². The van der Waals surface area contributed by atoms with E-state index in [4.69, 9.17) is 0 Å². The van der Waals surface area contributed by atoms with Crippen LogP contribution in [0.2, 0.25) is 0 Å². The highest BCUT2D eigenvalue weighted by Crippen LogP contribution is 2.33. The largest absolute Gasteiger partial charge is 0.349 e. The summed E-state index contributed by atoms with van der Waals surface area (Å²) >= 11 is 1.44. The van der Waals surface area contributed by atoms with Crippen molar-refractivity contribution in [3.8, 4) is 5.69 Å². The molecule has 0 spiro atoms. The zero-order valence-electron chi connectivity index (χ0n) is 12.0. The Kier molecular flexibility index (Phi) is 3.75. The number of nitrogens with one attached hydrogen (secondary N) is 1. The lowest BCUT2D eigenvalue weighted by atomic mass is 10.2. The molecule has 1 N–H and O–H groups in total. The van der Waals surface area contributed by atoms with Gasteiger partial charge < -0.3 is 9.88 Å². The van der Waals surface area contributed by atoms with Crippen LogP contribution in [0, 0.1) is 0 Å². The first-order valence-corrected chi connectivity index (χ1v) is 7.84. The Morgan fingerprint density at radius 3 is 2.86 bits per heavy atom. The number of rotatable bonds is 4. The number of carbonyl (C=O) groups is 1. The minimum Gasteiger partial charge on any atom is -0.349 e. The van der Waals surface area contributed by atoms with E-state index in [1.807, 2.05) is 48.1 Å². The average molecular weight is 299 g/mol. The number of carbonyl (C=O) groups excluding carboxylic acids is 1.